The van der Waals surface area contributed by atoms with Crippen molar-refractivity contribution in [3.63, 3.8) is 0 Å². The minimum Gasteiger partial charge on any atom is -0.397 e. The van der Waals surface area contributed by atoms with E-state index in [-0.39, 0.29) is 0 Å². The second-order valence-corrected chi connectivity index (χ2v) is 5.18. The minimum absolute atomic E-state index is 0.502. The van der Waals surface area contributed by atoms with Gasteiger partial charge in [0.05, 0.1) is 11.4 Å². The van der Waals surface area contributed by atoms with E-state index in [1.54, 1.807) is 0 Å². The van der Waals surface area contributed by atoms with Crippen LogP contribution in [0.4, 0.5) is 11.4 Å². The molecule has 0 bridgehead atoms. The molecule has 1 saturated carbocycles. The number of aromatic nitrogens is 2. The topological polar surface area (TPSA) is 77.0 Å². The van der Waals surface area contributed by atoms with Crippen molar-refractivity contribution in [2.45, 2.75) is 38.6 Å². The lowest BCUT2D eigenvalue weighted by molar-refractivity contribution is 0.315. The van der Waals surface area contributed by atoms with Crippen molar-refractivity contribution in [1.29, 1.82) is 0 Å². The monoisotopic (exact) mass is 246 g/mol. The van der Waals surface area contributed by atoms with Crippen LogP contribution in [0.2, 0.25) is 0 Å². The largest absolute Gasteiger partial charge is 0.397 e. The fourth-order valence-electron chi connectivity index (χ4n) is 2.73. The normalized spacial score (nSPS) is 24.3. The Kier molecular flexibility index (Phi) is 2.81. The number of hydrogen-bond donors (Lipinski definition) is 2. The lowest BCUT2D eigenvalue weighted by Crippen LogP contribution is -2.30. The standard InChI is InChI=1S/C13H18N4O/c1-8-4-2-3-5-10(8)15-11-7-6-9(14)12-13(11)17-18-16-12/h6-8,10,15H,2-5,14H2,1H3. The van der Waals surface area contributed by atoms with Gasteiger partial charge in [0.15, 0.2) is 11.0 Å². The molecule has 3 N–H and O–H groups in total. The van der Waals surface area contributed by atoms with Crippen LogP contribution in [0.1, 0.15) is 32.6 Å². The highest BCUT2D eigenvalue weighted by Crippen LogP contribution is 2.30. The van der Waals surface area contributed by atoms with Crippen molar-refractivity contribution < 1.29 is 4.63 Å². The van der Waals surface area contributed by atoms with Gasteiger partial charge in [-0.15, -0.1) is 0 Å². The van der Waals surface area contributed by atoms with Gasteiger partial charge in [0.1, 0.15) is 0 Å². The number of fused-ring (bicyclic) bond motifs is 1. The Labute approximate surface area is 106 Å². The molecule has 0 aliphatic heterocycles. The first-order valence-corrected chi connectivity index (χ1v) is 6.53. The molecule has 2 atom stereocenters. The third kappa shape index (κ3) is 1.89. The first-order valence-electron chi connectivity index (χ1n) is 6.53. The zero-order chi connectivity index (χ0) is 12.5. The molecule has 1 aliphatic carbocycles. The number of rotatable bonds is 2. The Hall–Kier alpha value is -1.78. The predicted octanol–water partition coefficient (Wildman–Crippen LogP) is 2.80. The molecule has 1 fully saturated rings. The van der Waals surface area contributed by atoms with Crippen molar-refractivity contribution in [2.24, 2.45) is 5.92 Å². The molecule has 1 aromatic carbocycles. The molecule has 2 aromatic rings. The average Bonchev–Trinajstić information content (AvgIpc) is 2.85. The summed E-state index contributed by atoms with van der Waals surface area (Å²) in [5, 5.41) is 11.4. The number of hydrogen-bond acceptors (Lipinski definition) is 5. The van der Waals surface area contributed by atoms with Crippen molar-refractivity contribution in [3.8, 4) is 0 Å². The fourth-order valence-corrected chi connectivity index (χ4v) is 2.73. The molecule has 1 aliphatic rings. The van der Waals surface area contributed by atoms with Gasteiger partial charge < -0.3 is 11.1 Å². The molecular weight excluding hydrogens is 228 g/mol. The molecule has 0 spiro atoms. The maximum Gasteiger partial charge on any atom is 0.160 e. The van der Waals surface area contributed by atoms with Gasteiger partial charge in [-0.05, 0) is 41.2 Å². The van der Waals surface area contributed by atoms with Crippen LogP contribution < -0.4 is 11.1 Å². The molecule has 3 rings (SSSR count). The Morgan fingerprint density at radius 1 is 1.22 bits per heavy atom. The van der Waals surface area contributed by atoms with E-state index in [0.29, 0.717) is 23.2 Å². The van der Waals surface area contributed by atoms with E-state index in [1.807, 2.05) is 12.1 Å². The van der Waals surface area contributed by atoms with E-state index in [0.717, 1.165) is 11.2 Å². The molecular formula is C13H18N4O. The zero-order valence-electron chi connectivity index (χ0n) is 10.5. The molecule has 18 heavy (non-hydrogen) atoms. The number of anilines is 2. The summed E-state index contributed by atoms with van der Waals surface area (Å²) in [6, 6.07) is 4.31. The van der Waals surface area contributed by atoms with Gasteiger partial charge in [-0.3, -0.25) is 0 Å². The summed E-state index contributed by atoms with van der Waals surface area (Å²) in [5.74, 6) is 0.686. The summed E-state index contributed by atoms with van der Waals surface area (Å²) in [7, 11) is 0. The van der Waals surface area contributed by atoms with Crippen molar-refractivity contribution >= 4 is 22.4 Å². The minimum atomic E-state index is 0.502. The summed E-state index contributed by atoms with van der Waals surface area (Å²) in [5.41, 5.74) is 8.79. The van der Waals surface area contributed by atoms with Crippen LogP contribution in [0.5, 0.6) is 0 Å². The number of nitrogen functional groups attached to an aromatic ring is 1. The van der Waals surface area contributed by atoms with Gasteiger partial charge in [0.2, 0.25) is 0 Å². The summed E-state index contributed by atoms with van der Waals surface area (Å²) >= 11 is 0. The molecule has 5 nitrogen and oxygen atoms in total. The summed E-state index contributed by atoms with van der Waals surface area (Å²) < 4.78 is 4.78. The van der Waals surface area contributed by atoms with Gasteiger partial charge >= 0.3 is 0 Å². The fraction of sp³-hybridized carbons (Fsp3) is 0.538. The van der Waals surface area contributed by atoms with Crippen LogP contribution in [-0.4, -0.2) is 16.4 Å². The first kappa shape index (κ1) is 11.3. The van der Waals surface area contributed by atoms with Crippen LogP contribution in [0.15, 0.2) is 16.8 Å². The second kappa shape index (κ2) is 4.48. The maximum atomic E-state index is 5.84. The average molecular weight is 246 g/mol. The van der Waals surface area contributed by atoms with Gasteiger partial charge in [0, 0.05) is 6.04 Å². The van der Waals surface area contributed by atoms with E-state index in [2.05, 4.69) is 22.6 Å². The highest BCUT2D eigenvalue weighted by Gasteiger charge is 2.22. The molecule has 1 heterocycles. The molecule has 1 aromatic heterocycles. The third-order valence-corrected chi connectivity index (χ3v) is 3.90. The van der Waals surface area contributed by atoms with Gasteiger partial charge in [-0.1, -0.05) is 19.8 Å². The number of nitrogens with one attached hydrogen (secondary N) is 1. The van der Waals surface area contributed by atoms with E-state index < -0.39 is 0 Å². The molecule has 0 radical (unpaired) electrons. The Morgan fingerprint density at radius 3 is 2.83 bits per heavy atom. The van der Waals surface area contributed by atoms with E-state index in [4.69, 9.17) is 10.4 Å². The quantitative estimate of drug-likeness (QED) is 0.797. The summed E-state index contributed by atoms with van der Waals surface area (Å²) in [6.07, 6.45) is 5.12. The van der Waals surface area contributed by atoms with E-state index in [9.17, 15) is 0 Å². The molecule has 2 unspecified atom stereocenters. The number of nitrogens with two attached hydrogens (primary N) is 1. The first-order chi connectivity index (χ1) is 8.75. The SMILES string of the molecule is CC1CCCCC1Nc1ccc(N)c2nonc12. The van der Waals surface area contributed by atoms with Crippen LogP contribution >= 0.6 is 0 Å². The van der Waals surface area contributed by atoms with Crippen LogP contribution in [-0.2, 0) is 0 Å². The molecule has 0 saturated heterocycles. The number of nitrogens with zero attached hydrogens (tertiary/aromatic N) is 2. The van der Waals surface area contributed by atoms with Crippen LogP contribution in [0, 0.1) is 5.92 Å². The Balaban J connectivity index is 1.90. The second-order valence-electron chi connectivity index (χ2n) is 5.18. The maximum absolute atomic E-state index is 5.84. The Bertz CT molecular complexity index is 551. The predicted molar refractivity (Wildman–Crippen MR) is 71.3 cm³/mol. The smallest absolute Gasteiger partial charge is 0.160 e. The van der Waals surface area contributed by atoms with Gasteiger partial charge in [0.25, 0.3) is 0 Å². The lowest BCUT2D eigenvalue weighted by atomic mass is 9.86. The summed E-state index contributed by atoms with van der Waals surface area (Å²) in [6.45, 7) is 2.30. The molecule has 5 heteroatoms. The van der Waals surface area contributed by atoms with Gasteiger partial charge in [-0.2, -0.15) is 0 Å². The third-order valence-electron chi connectivity index (χ3n) is 3.90. The van der Waals surface area contributed by atoms with Crippen LogP contribution in [0.25, 0.3) is 11.0 Å². The zero-order valence-corrected chi connectivity index (χ0v) is 10.5. The van der Waals surface area contributed by atoms with E-state index in [1.165, 1.54) is 25.7 Å². The molecule has 0 amide bonds. The lowest BCUT2D eigenvalue weighted by Gasteiger charge is -2.30. The van der Waals surface area contributed by atoms with E-state index >= 15 is 0 Å². The number of benzene rings is 1. The highest BCUT2D eigenvalue weighted by molar-refractivity contribution is 5.95. The van der Waals surface area contributed by atoms with Gasteiger partial charge in [-0.25, -0.2) is 4.63 Å². The van der Waals surface area contributed by atoms with Crippen molar-refractivity contribution in [3.05, 3.63) is 12.1 Å². The van der Waals surface area contributed by atoms with Crippen molar-refractivity contribution in [2.75, 3.05) is 11.1 Å². The van der Waals surface area contributed by atoms with Crippen molar-refractivity contribution in [1.82, 2.24) is 10.3 Å². The highest BCUT2D eigenvalue weighted by atomic mass is 16.6. The molecule has 96 valence electrons. The van der Waals surface area contributed by atoms with Crippen LogP contribution in [0.3, 0.4) is 0 Å². The summed E-state index contributed by atoms with van der Waals surface area (Å²) in [4.78, 5) is 0. The Morgan fingerprint density at radius 2 is 2.00 bits per heavy atom.